The summed E-state index contributed by atoms with van der Waals surface area (Å²) in [6, 6.07) is 2.01. The van der Waals surface area contributed by atoms with Crippen LogP contribution in [0, 0.1) is 6.92 Å². The molecule has 0 atom stereocenters. The fourth-order valence-corrected chi connectivity index (χ4v) is 2.89. The quantitative estimate of drug-likeness (QED) is 0.845. The molecule has 1 fully saturated rings. The zero-order valence-corrected chi connectivity index (χ0v) is 11.2. The smallest absolute Gasteiger partial charge is 0.185 e. The number of piperazine rings is 1. The molecule has 0 aliphatic carbocycles. The van der Waals surface area contributed by atoms with Gasteiger partial charge in [0.15, 0.2) is 5.13 Å². The van der Waals surface area contributed by atoms with E-state index in [0.717, 1.165) is 49.3 Å². The molecular weight excluding hydrogens is 248 g/mol. The normalized spacial score (nSPS) is 17.3. The highest BCUT2D eigenvalue weighted by Gasteiger charge is 2.19. The van der Waals surface area contributed by atoms with E-state index in [2.05, 4.69) is 19.9 Å². The van der Waals surface area contributed by atoms with Gasteiger partial charge in [0.1, 0.15) is 5.76 Å². The van der Waals surface area contributed by atoms with Crippen LogP contribution in [0.2, 0.25) is 0 Å². The number of nitrogens with zero attached hydrogens (tertiary/aromatic N) is 4. The van der Waals surface area contributed by atoms with Crippen LogP contribution in [0.5, 0.6) is 0 Å². The molecule has 3 rings (SSSR count). The molecular formula is C12H16N4OS. The average molecular weight is 264 g/mol. The van der Waals surface area contributed by atoms with Crippen molar-refractivity contribution in [3.63, 3.8) is 0 Å². The SMILES string of the molecule is Cc1cc(CN2CCN(c3nccs3)CC2)no1. The van der Waals surface area contributed by atoms with E-state index in [-0.39, 0.29) is 0 Å². The molecule has 2 aromatic rings. The van der Waals surface area contributed by atoms with Gasteiger partial charge in [0.2, 0.25) is 0 Å². The Labute approximate surface area is 110 Å². The molecule has 18 heavy (non-hydrogen) atoms. The largest absolute Gasteiger partial charge is 0.361 e. The first-order chi connectivity index (χ1) is 8.81. The van der Waals surface area contributed by atoms with Gasteiger partial charge in [-0.05, 0) is 6.92 Å². The first kappa shape index (κ1) is 11.7. The lowest BCUT2D eigenvalue weighted by Crippen LogP contribution is -2.45. The summed E-state index contributed by atoms with van der Waals surface area (Å²) in [5.41, 5.74) is 1.02. The van der Waals surface area contributed by atoms with Crippen molar-refractivity contribution in [2.45, 2.75) is 13.5 Å². The van der Waals surface area contributed by atoms with Gasteiger partial charge in [-0.2, -0.15) is 0 Å². The van der Waals surface area contributed by atoms with Crippen molar-refractivity contribution >= 4 is 16.5 Å². The molecule has 1 aliphatic heterocycles. The topological polar surface area (TPSA) is 45.4 Å². The van der Waals surface area contributed by atoms with Gasteiger partial charge in [0.05, 0.1) is 5.69 Å². The zero-order chi connectivity index (χ0) is 12.4. The molecule has 0 unspecified atom stereocenters. The Balaban J connectivity index is 1.54. The third-order valence-electron chi connectivity index (χ3n) is 3.12. The number of rotatable bonds is 3. The van der Waals surface area contributed by atoms with Gasteiger partial charge in [-0.15, -0.1) is 11.3 Å². The van der Waals surface area contributed by atoms with Crippen molar-refractivity contribution < 1.29 is 4.52 Å². The van der Waals surface area contributed by atoms with Crippen molar-refractivity contribution in [1.29, 1.82) is 0 Å². The van der Waals surface area contributed by atoms with Crippen molar-refractivity contribution in [1.82, 2.24) is 15.0 Å². The number of aromatic nitrogens is 2. The monoisotopic (exact) mass is 264 g/mol. The number of anilines is 1. The maximum atomic E-state index is 5.09. The molecule has 0 saturated carbocycles. The van der Waals surface area contributed by atoms with E-state index in [1.165, 1.54) is 0 Å². The highest BCUT2D eigenvalue weighted by molar-refractivity contribution is 7.13. The first-order valence-electron chi connectivity index (χ1n) is 6.10. The minimum absolute atomic E-state index is 0.878. The number of hydrogen-bond donors (Lipinski definition) is 0. The van der Waals surface area contributed by atoms with E-state index in [1.54, 1.807) is 11.3 Å². The maximum absolute atomic E-state index is 5.09. The minimum Gasteiger partial charge on any atom is -0.361 e. The van der Waals surface area contributed by atoms with E-state index in [0.29, 0.717) is 0 Å². The van der Waals surface area contributed by atoms with Gasteiger partial charge >= 0.3 is 0 Å². The fraction of sp³-hybridized carbons (Fsp3) is 0.500. The van der Waals surface area contributed by atoms with Crippen LogP contribution in [0.1, 0.15) is 11.5 Å². The van der Waals surface area contributed by atoms with Crippen molar-refractivity contribution in [3.8, 4) is 0 Å². The summed E-state index contributed by atoms with van der Waals surface area (Å²) in [4.78, 5) is 9.10. The van der Waals surface area contributed by atoms with E-state index in [4.69, 9.17) is 4.52 Å². The molecule has 3 heterocycles. The summed E-state index contributed by atoms with van der Waals surface area (Å²) in [5, 5.41) is 7.20. The Morgan fingerprint density at radius 2 is 2.17 bits per heavy atom. The standard InChI is InChI=1S/C12H16N4OS/c1-10-8-11(14-17-10)9-15-3-5-16(6-4-15)12-13-2-7-18-12/h2,7-8H,3-6,9H2,1H3. The Bertz CT molecular complexity index is 488. The van der Waals surface area contributed by atoms with Gasteiger partial charge in [0.25, 0.3) is 0 Å². The van der Waals surface area contributed by atoms with Crippen LogP contribution in [-0.4, -0.2) is 41.2 Å². The molecule has 2 aromatic heterocycles. The summed E-state index contributed by atoms with van der Waals surface area (Å²) in [6.45, 7) is 6.96. The van der Waals surface area contributed by atoms with Crippen molar-refractivity contribution in [3.05, 3.63) is 29.1 Å². The second kappa shape index (κ2) is 5.07. The highest BCUT2D eigenvalue weighted by atomic mass is 32.1. The van der Waals surface area contributed by atoms with Crippen LogP contribution in [0.4, 0.5) is 5.13 Å². The Morgan fingerprint density at radius 3 is 2.78 bits per heavy atom. The van der Waals surface area contributed by atoms with Gasteiger partial charge in [-0.3, -0.25) is 4.90 Å². The zero-order valence-electron chi connectivity index (χ0n) is 10.4. The Kier molecular flexibility index (Phi) is 3.29. The summed E-state index contributed by atoms with van der Waals surface area (Å²) < 4.78 is 5.09. The minimum atomic E-state index is 0.878. The van der Waals surface area contributed by atoms with Crippen LogP contribution < -0.4 is 4.90 Å². The maximum Gasteiger partial charge on any atom is 0.185 e. The Morgan fingerprint density at radius 1 is 1.33 bits per heavy atom. The average Bonchev–Trinajstić information content (AvgIpc) is 3.02. The third kappa shape index (κ3) is 2.54. The van der Waals surface area contributed by atoms with Crippen LogP contribution in [0.3, 0.4) is 0 Å². The van der Waals surface area contributed by atoms with E-state index in [9.17, 15) is 0 Å². The molecule has 0 bridgehead atoms. The molecule has 1 aliphatic rings. The second-order valence-corrected chi connectivity index (χ2v) is 5.38. The van der Waals surface area contributed by atoms with Gasteiger partial charge < -0.3 is 9.42 Å². The van der Waals surface area contributed by atoms with E-state index < -0.39 is 0 Å². The van der Waals surface area contributed by atoms with Crippen molar-refractivity contribution in [2.24, 2.45) is 0 Å². The molecule has 6 heteroatoms. The molecule has 5 nitrogen and oxygen atoms in total. The lowest BCUT2D eigenvalue weighted by molar-refractivity contribution is 0.241. The predicted octanol–water partition coefficient (Wildman–Crippen LogP) is 1.76. The van der Waals surface area contributed by atoms with Crippen LogP contribution in [0.25, 0.3) is 0 Å². The van der Waals surface area contributed by atoms with E-state index in [1.807, 2.05) is 24.6 Å². The number of aryl methyl sites for hydroxylation is 1. The molecule has 0 radical (unpaired) electrons. The van der Waals surface area contributed by atoms with Crippen LogP contribution >= 0.6 is 11.3 Å². The lowest BCUT2D eigenvalue weighted by atomic mass is 10.3. The molecule has 0 N–H and O–H groups in total. The third-order valence-corrected chi connectivity index (χ3v) is 3.96. The number of hydrogen-bond acceptors (Lipinski definition) is 6. The Hall–Kier alpha value is -1.40. The predicted molar refractivity (Wildman–Crippen MR) is 70.8 cm³/mol. The number of thiazole rings is 1. The summed E-state index contributed by atoms with van der Waals surface area (Å²) >= 11 is 1.71. The lowest BCUT2D eigenvalue weighted by Gasteiger charge is -2.33. The fourth-order valence-electron chi connectivity index (χ4n) is 2.19. The summed E-state index contributed by atoms with van der Waals surface area (Å²) in [7, 11) is 0. The van der Waals surface area contributed by atoms with Crippen LogP contribution in [-0.2, 0) is 6.54 Å². The molecule has 0 amide bonds. The molecule has 1 saturated heterocycles. The second-order valence-electron chi connectivity index (χ2n) is 4.51. The summed E-state index contributed by atoms with van der Waals surface area (Å²) in [5.74, 6) is 0.881. The van der Waals surface area contributed by atoms with E-state index >= 15 is 0 Å². The summed E-state index contributed by atoms with van der Waals surface area (Å²) in [6.07, 6.45) is 1.87. The highest BCUT2D eigenvalue weighted by Crippen LogP contribution is 2.19. The molecule has 0 aromatic carbocycles. The van der Waals surface area contributed by atoms with Crippen molar-refractivity contribution in [2.75, 3.05) is 31.1 Å². The van der Waals surface area contributed by atoms with Gasteiger partial charge in [-0.25, -0.2) is 4.98 Å². The first-order valence-corrected chi connectivity index (χ1v) is 6.98. The van der Waals surface area contributed by atoms with Gasteiger partial charge in [-0.1, -0.05) is 5.16 Å². The van der Waals surface area contributed by atoms with Crippen LogP contribution in [0.15, 0.2) is 22.2 Å². The van der Waals surface area contributed by atoms with Gasteiger partial charge in [0, 0.05) is 50.4 Å². The molecule has 0 spiro atoms. The molecule has 96 valence electrons.